The van der Waals surface area contributed by atoms with Crippen LogP contribution in [0.5, 0.6) is 0 Å². The van der Waals surface area contributed by atoms with Gasteiger partial charge in [0.15, 0.2) is 14.9 Å². The minimum atomic E-state index is -3.57. The van der Waals surface area contributed by atoms with Crippen LogP contribution in [0, 0.1) is 6.92 Å². The molecule has 1 aromatic rings. The molecular formula is C7H8F2N2O2S. The van der Waals surface area contributed by atoms with Crippen molar-refractivity contribution in [3.63, 3.8) is 0 Å². The average Bonchev–Trinajstić information content (AvgIpc) is 2.01. The molecule has 1 heterocycles. The summed E-state index contributed by atoms with van der Waals surface area (Å²) in [7, 11) is -3.57. The van der Waals surface area contributed by atoms with Crippen LogP contribution in [0.25, 0.3) is 0 Å². The second kappa shape index (κ2) is 3.56. The van der Waals surface area contributed by atoms with Crippen molar-refractivity contribution < 1.29 is 17.2 Å². The van der Waals surface area contributed by atoms with Crippen molar-refractivity contribution in [2.24, 2.45) is 0 Å². The minimum absolute atomic E-state index is 0.0169. The summed E-state index contributed by atoms with van der Waals surface area (Å²) < 4.78 is 46.5. The van der Waals surface area contributed by atoms with E-state index in [1.165, 1.54) is 6.92 Å². The predicted octanol–water partition coefficient (Wildman–Crippen LogP) is 1.13. The van der Waals surface area contributed by atoms with Crippen LogP contribution in [0.3, 0.4) is 0 Å². The quantitative estimate of drug-likeness (QED) is 0.704. The van der Waals surface area contributed by atoms with Gasteiger partial charge in [-0.15, -0.1) is 0 Å². The van der Waals surface area contributed by atoms with Gasteiger partial charge in [-0.25, -0.2) is 27.2 Å². The van der Waals surface area contributed by atoms with Crippen LogP contribution in [-0.2, 0) is 9.84 Å². The number of nitrogens with zero attached hydrogens (tertiary/aromatic N) is 2. The highest BCUT2D eigenvalue weighted by molar-refractivity contribution is 7.90. The highest BCUT2D eigenvalue weighted by atomic mass is 32.2. The number of aryl methyl sites for hydroxylation is 1. The number of hydrogen-bond acceptors (Lipinski definition) is 4. The van der Waals surface area contributed by atoms with Gasteiger partial charge in [0.25, 0.3) is 6.43 Å². The van der Waals surface area contributed by atoms with Crippen LogP contribution in [0.4, 0.5) is 8.78 Å². The molecule has 0 spiro atoms. The van der Waals surface area contributed by atoms with Gasteiger partial charge in [-0.3, -0.25) is 0 Å². The Hall–Kier alpha value is -1.11. The van der Waals surface area contributed by atoms with Crippen molar-refractivity contribution in [1.29, 1.82) is 0 Å². The topological polar surface area (TPSA) is 59.9 Å². The number of aromatic nitrogens is 2. The highest BCUT2D eigenvalue weighted by Crippen LogP contribution is 2.18. The lowest BCUT2D eigenvalue weighted by Gasteiger charge is -2.03. The molecule has 0 aliphatic heterocycles. The molecule has 0 saturated heterocycles. The highest BCUT2D eigenvalue weighted by Gasteiger charge is 2.16. The Kier molecular flexibility index (Phi) is 2.79. The van der Waals surface area contributed by atoms with E-state index in [2.05, 4.69) is 9.97 Å². The first-order valence-electron chi connectivity index (χ1n) is 3.64. The molecule has 0 radical (unpaired) electrons. The van der Waals surface area contributed by atoms with Crippen molar-refractivity contribution >= 4 is 9.84 Å². The van der Waals surface area contributed by atoms with Crippen LogP contribution < -0.4 is 0 Å². The van der Waals surface area contributed by atoms with Gasteiger partial charge >= 0.3 is 0 Å². The third-order valence-corrected chi connectivity index (χ3v) is 2.41. The van der Waals surface area contributed by atoms with Crippen LogP contribution in [0.15, 0.2) is 11.1 Å². The van der Waals surface area contributed by atoms with E-state index in [0.717, 1.165) is 12.3 Å². The molecule has 0 aliphatic rings. The van der Waals surface area contributed by atoms with Gasteiger partial charge in [0, 0.05) is 12.3 Å². The molecule has 0 amide bonds. The number of alkyl halides is 2. The fourth-order valence-electron chi connectivity index (χ4n) is 0.864. The number of sulfone groups is 1. The molecule has 0 saturated carbocycles. The van der Waals surface area contributed by atoms with Gasteiger partial charge in [-0.05, 0) is 6.92 Å². The molecule has 0 aliphatic carbocycles. The maximum absolute atomic E-state index is 12.2. The molecule has 7 heteroatoms. The monoisotopic (exact) mass is 222 g/mol. The van der Waals surface area contributed by atoms with E-state index in [1.807, 2.05) is 0 Å². The molecule has 0 aromatic carbocycles. The lowest BCUT2D eigenvalue weighted by molar-refractivity contribution is 0.145. The molecule has 0 N–H and O–H groups in total. The largest absolute Gasteiger partial charge is 0.280 e. The molecule has 0 atom stereocenters. The third kappa shape index (κ3) is 2.44. The normalized spacial score (nSPS) is 12.1. The van der Waals surface area contributed by atoms with Crippen LogP contribution in [-0.4, -0.2) is 24.6 Å². The molecule has 14 heavy (non-hydrogen) atoms. The SMILES string of the molecule is Cc1nc(C(F)F)cc(S(C)(=O)=O)n1. The van der Waals surface area contributed by atoms with Gasteiger partial charge in [-0.1, -0.05) is 0 Å². The standard InChI is InChI=1S/C7H8F2N2O2S/c1-4-10-5(7(8)9)3-6(11-4)14(2,12)13/h3,7H,1-2H3. The van der Waals surface area contributed by atoms with Crippen LogP contribution >= 0.6 is 0 Å². The Labute approximate surface area is 79.9 Å². The van der Waals surface area contributed by atoms with Gasteiger partial charge < -0.3 is 0 Å². The second-order valence-electron chi connectivity index (χ2n) is 2.75. The smallest absolute Gasteiger partial charge is 0.232 e. The van der Waals surface area contributed by atoms with E-state index in [4.69, 9.17) is 0 Å². The summed E-state index contributed by atoms with van der Waals surface area (Å²) in [4.78, 5) is 6.98. The zero-order chi connectivity index (χ0) is 10.9. The van der Waals surface area contributed by atoms with E-state index in [9.17, 15) is 17.2 Å². The van der Waals surface area contributed by atoms with Crippen molar-refractivity contribution in [1.82, 2.24) is 9.97 Å². The van der Waals surface area contributed by atoms with E-state index >= 15 is 0 Å². The third-order valence-electron chi connectivity index (χ3n) is 1.44. The fraction of sp³-hybridized carbons (Fsp3) is 0.429. The van der Waals surface area contributed by atoms with Gasteiger partial charge in [0.05, 0.1) is 0 Å². The molecule has 0 bridgehead atoms. The molecule has 1 rings (SSSR count). The second-order valence-corrected chi connectivity index (χ2v) is 4.71. The molecule has 4 nitrogen and oxygen atoms in total. The van der Waals surface area contributed by atoms with E-state index < -0.39 is 22.0 Å². The molecule has 0 fully saturated rings. The summed E-state index contributed by atoms with van der Waals surface area (Å²) in [5.74, 6) is 0.0169. The fourth-order valence-corrected chi connectivity index (χ4v) is 1.50. The molecule has 78 valence electrons. The lowest BCUT2D eigenvalue weighted by Crippen LogP contribution is -2.06. The first kappa shape index (κ1) is 11.0. The Morgan fingerprint density at radius 1 is 1.36 bits per heavy atom. The van der Waals surface area contributed by atoms with Gasteiger partial charge in [0.2, 0.25) is 0 Å². The van der Waals surface area contributed by atoms with E-state index in [1.54, 1.807) is 0 Å². The van der Waals surface area contributed by atoms with Gasteiger partial charge in [0.1, 0.15) is 11.5 Å². The maximum Gasteiger partial charge on any atom is 0.280 e. The summed E-state index contributed by atoms with van der Waals surface area (Å²) >= 11 is 0. The predicted molar refractivity (Wildman–Crippen MR) is 44.8 cm³/mol. The first-order valence-corrected chi connectivity index (χ1v) is 5.53. The summed E-state index contributed by atoms with van der Waals surface area (Å²) in [6, 6.07) is 0.785. The summed E-state index contributed by atoms with van der Waals surface area (Å²) in [6.07, 6.45) is -1.89. The van der Waals surface area contributed by atoms with E-state index in [-0.39, 0.29) is 10.9 Å². The maximum atomic E-state index is 12.2. The summed E-state index contributed by atoms with van der Waals surface area (Å²) in [5, 5.41) is -0.375. The zero-order valence-electron chi connectivity index (χ0n) is 7.53. The number of rotatable bonds is 2. The Morgan fingerprint density at radius 3 is 2.36 bits per heavy atom. The number of halogens is 2. The van der Waals surface area contributed by atoms with E-state index in [0.29, 0.717) is 0 Å². The Morgan fingerprint density at radius 2 is 1.93 bits per heavy atom. The lowest BCUT2D eigenvalue weighted by atomic mass is 10.4. The zero-order valence-corrected chi connectivity index (χ0v) is 8.35. The van der Waals surface area contributed by atoms with Crippen molar-refractivity contribution in [3.05, 3.63) is 17.6 Å². The van der Waals surface area contributed by atoms with Crippen LogP contribution in [0.2, 0.25) is 0 Å². The Balaban J connectivity index is 3.35. The summed E-state index contributed by atoms with van der Waals surface area (Å²) in [6.45, 7) is 1.36. The first-order chi connectivity index (χ1) is 6.30. The van der Waals surface area contributed by atoms with Crippen molar-refractivity contribution in [2.75, 3.05) is 6.26 Å². The van der Waals surface area contributed by atoms with Crippen molar-refractivity contribution in [2.45, 2.75) is 18.4 Å². The van der Waals surface area contributed by atoms with Crippen molar-refractivity contribution in [3.8, 4) is 0 Å². The average molecular weight is 222 g/mol. The van der Waals surface area contributed by atoms with Crippen LogP contribution in [0.1, 0.15) is 17.9 Å². The molecule has 0 unspecified atom stereocenters. The summed E-state index contributed by atoms with van der Waals surface area (Å²) in [5.41, 5.74) is -0.571. The number of hydrogen-bond donors (Lipinski definition) is 0. The Bertz CT molecular complexity index is 445. The van der Waals surface area contributed by atoms with Gasteiger partial charge in [-0.2, -0.15) is 0 Å². The minimum Gasteiger partial charge on any atom is -0.232 e. The molecular weight excluding hydrogens is 214 g/mol. The molecule has 1 aromatic heterocycles.